The van der Waals surface area contributed by atoms with Gasteiger partial charge >= 0.3 is 0 Å². The van der Waals surface area contributed by atoms with Gasteiger partial charge in [0.1, 0.15) is 5.82 Å². The summed E-state index contributed by atoms with van der Waals surface area (Å²) in [5.41, 5.74) is 4.46. The second-order valence-corrected chi connectivity index (χ2v) is 6.72. The predicted octanol–water partition coefficient (Wildman–Crippen LogP) is 3.65. The number of hydrogen-bond acceptors (Lipinski definition) is 4. The molecule has 0 saturated carbocycles. The summed E-state index contributed by atoms with van der Waals surface area (Å²) in [6, 6.07) is 13.8. The highest BCUT2D eigenvalue weighted by Crippen LogP contribution is 2.42. The van der Waals surface area contributed by atoms with Crippen LogP contribution in [0, 0.1) is 6.92 Å². The zero-order valence-corrected chi connectivity index (χ0v) is 14.2. The smallest absolute Gasteiger partial charge is 0.277 e. The van der Waals surface area contributed by atoms with E-state index in [4.69, 9.17) is 0 Å². The molecule has 2 aromatic heterocycles. The van der Waals surface area contributed by atoms with E-state index in [0.29, 0.717) is 11.5 Å². The molecule has 0 aliphatic carbocycles. The summed E-state index contributed by atoms with van der Waals surface area (Å²) in [7, 11) is 1.88. The third-order valence-electron chi connectivity index (χ3n) is 4.00. The van der Waals surface area contributed by atoms with Crippen molar-refractivity contribution in [2.45, 2.75) is 17.6 Å². The van der Waals surface area contributed by atoms with Gasteiger partial charge < -0.3 is 5.32 Å². The Labute approximate surface area is 144 Å². The van der Waals surface area contributed by atoms with Crippen LogP contribution in [0.25, 0.3) is 11.3 Å². The SMILES string of the molecule is Cc1cccc(NC(=O)c2nn(C)c3c2CSc2ccccc2-3)n1. The summed E-state index contributed by atoms with van der Waals surface area (Å²) in [4.78, 5) is 18.2. The summed E-state index contributed by atoms with van der Waals surface area (Å²) in [5.74, 6) is 1.07. The molecule has 0 fully saturated rings. The average molecular weight is 336 g/mol. The predicted molar refractivity (Wildman–Crippen MR) is 95.1 cm³/mol. The number of aromatic nitrogens is 3. The largest absolute Gasteiger partial charge is 0.305 e. The molecule has 0 atom stereocenters. The molecule has 120 valence electrons. The lowest BCUT2D eigenvalue weighted by Gasteiger charge is -2.16. The second kappa shape index (κ2) is 5.79. The summed E-state index contributed by atoms with van der Waals surface area (Å²) in [6.07, 6.45) is 0. The number of thioether (sulfide) groups is 1. The highest BCUT2D eigenvalue weighted by Gasteiger charge is 2.27. The molecule has 0 bridgehead atoms. The molecule has 3 heterocycles. The van der Waals surface area contributed by atoms with Crippen LogP contribution >= 0.6 is 11.8 Å². The molecule has 0 unspecified atom stereocenters. The number of nitrogens with one attached hydrogen (secondary N) is 1. The fourth-order valence-corrected chi connectivity index (χ4v) is 4.02. The first-order chi connectivity index (χ1) is 11.6. The third kappa shape index (κ3) is 2.49. The zero-order valence-electron chi connectivity index (χ0n) is 13.4. The maximum Gasteiger partial charge on any atom is 0.277 e. The molecule has 3 aromatic rings. The molecular formula is C18H16N4OS. The first-order valence-electron chi connectivity index (χ1n) is 7.66. The summed E-state index contributed by atoms with van der Waals surface area (Å²) < 4.78 is 1.80. The number of nitrogens with zero attached hydrogens (tertiary/aromatic N) is 3. The van der Waals surface area contributed by atoms with Crippen LogP contribution in [0.1, 0.15) is 21.7 Å². The number of pyridine rings is 1. The van der Waals surface area contributed by atoms with Crippen LogP contribution in [0.15, 0.2) is 47.4 Å². The van der Waals surface area contributed by atoms with Gasteiger partial charge in [-0.15, -0.1) is 11.8 Å². The Kier molecular flexibility index (Phi) is 3.61. The van der Waals surface area contributed by atoms with E-state index in [1.807, 2.05) is 38.2 Å². The second-order valence-electron chi connectivity index (χ2n) is 5.70. The monoisotopic (exact) mass is 336 g/mol. The highest BCUT2D eigenvalue weighted by molar-refractivity contribution is 7.98. The van der Waals surface area contributed by atoms with E-state index in [2.05, 4.69) is 27.5 Å². The molecule has 4 rings (SSSR count). The van der Waals surface area contributed by atoms with Crippen LogP contribution in [-0.2, 0) is 12.8 Å². The van der Waals surface area contributed by atoms with E-state index in [0.717, 1.165) is 28.3 Å². The Balaban J connectivity index is 1.72. The van der Waals surface area contributed by atoms with Crippen molar-refractivity contribution in [3.05, 3.63) is 59.4 Å². The van der Waals surface area contributed by atoms with Gasteiger partial charge in [0, 0.05) is 34.5 Å². The highest BCUT2D eigenvalue weighted by atomic mass is 32.2. The number of carbonyl (C=O) groups is 1. The van der Waals surface area contributed by atoms with Gasteiger partial charge in [-0.05, 0) is 25.1 Å². The molecule has 24 heavy (non-hydrogen) atoms. The van der Waals surface area contributed by atoms with Crippen molar-refractivity contribution in [3.63, 3.8) is 0 Å². The fraction of sp³-hybridized carbons (Fsp3) is 0.167. The van der Waals surface area contributed by atoms with Crippen molar-refractivity contribution in [1.29, 1.82) is 0 Å². The Morgan fingerprint density at radius 3 is 2.88 bits per heavy atom. The van der Waals surface area contributed by atoms with Crippen LogP contribution in [0.5, 0.6) is 0 Å². The van der Waals surface area contributed by atoms with Crippen LogP contribution in [0.3, 0.4) is 0 Å². The van der Waals surface area contributed by atoms with Crippen LogP contribution in [0.2, 0.25) is 0 Å². The maximum absolute atomic E-state index is 12.7. The van der Waals surface area contributed by atoms with Crippen molar-refractivity contribution in [1.82, 2.24) is 14.8 Å². The Bertz CT molecular complexity index is 948. The first-order valence-corrected chi connectivity index (χ1v) is 8.65. The molecule has 0 radical (unpaired) electrons. The Hall–Kier alpha value is -2.60. The molecule has 1 amide bonds. The molecule has 5 nitrogen and oxygen atoms in total. The van der Waals surface area contributed by atoms with E-state index in [9.17, 15) is 4.79 Å². The lowest BCUT2D eigenvalue weighted by molar-refractivity contribution is 0.102. The topological polar surface area (TPSA) is 59.8 Å². The maximum atomic E-state index is 12.7. The normalized spacial score (nSPS) is 12.4. The van der Waals surface area contributed by atoms with E-state index in [1.54, 1.807) is 22.5 Å². The van der Waals surface area contributed by atoms with Gasteiger partial charge in [-0.25, -0.2) is 4.98 Å². The van der Waals surface area contributed by atoms with Crippen molar-refractivity contribution >= 4 is 23.5 Å². The van der Waals surface area contributed by atoms with E-state index >= 15 is 0 Å². The lowest BCUT2D eigenvalue weighted by atomic mass is 10.1. The van der Waals surface area contributed by atoms with Gasteiger partial charge in [0.15, 0.2) is 5.69 Å². The fourth-order valence-electron chi connectivity index (χ4n) is 2.95. The number of benzene rings is 1. The van der Waals surface area contributed by atoms with E-state index in [-0.39, 0.29) is 5.91 Å². The van der Waals surface area contributed by atoms with Crippen molar-refractivity contribution in [2.75, 3.05) is 5.32 Å². The number of hydrogen-bond donors (Lipinski definition) is 1. The molecule has 0 saturated heterocycles. The van der Waals surface area contributed by atoms with Gasteiger partial charge in [-0.1, -0.05) is 24.3 Å². The number of aryl methyl sites for hydroxylation is 2. The van der Waals surface area contributed by atoms with Crippen molar-refractivity contribution in [2.24, 2.45) is 7.05 Å². The van der Waals surface area contributed by atoms with Gasteiger partial charge in [0.05, 0.1) is 5.69 Å². The molecule has 1 aromatic carbocycles. The minimum Gasteiger partial charge on any atom is -0.305 e. The molecule has 1 aliphatic heterocycles. The number of rotatable bonds is 2. The minimum atomic E-state index is -0.218. The zero-order chi connectivity index (χ0) is 16.7. The molecule has 1 N–H and O–H groups in total. The molecular weight excluding hydrogens is 320 g/mol. The quantitative estimate of drug-likeness (QED) is 0.776. The molecule has 6 heteroatoms. The number of carbonyl (C=O) groups excluding carboxylic acids is 1. The number of anilines is 1. The molecule has 0 spiro atoms. The van der Waals surface area contributed by atoms with Crippen LogP contribution in [0.4, 0.5) is 5.82 Å². The Morgan fingerprint density at radius 1 is 1.21 bits per heavy atom. The van der Waals surface area contributed by atoms with Crippen molar-refractivity contribution in [3.8, 4) is 11.3 Å². The Morgan fingerprint density at radius 2 is 2.04 bits per heavy atom. The number of amides is 1. The summed E-state index contributed by atoms with van der Waals surface area (Å²) in [5, 5.41) is 7.32. The van der Waals surface area contributed by atoms with Gasteiger partial charge in [-0.3, -0.25) is 9.48 Å². The van der Waals surface area contributed by atoms with Gasteiger partial charge in [0.25, 0.3) is 5.91 Å². The lowest BCUT2D eigenvalue weighted by Crippen LogP contribution is -2.16. The van der Waals surface area contributed by atoms with Crippen LogP contribution < -0.4 is 5.32 Å². The van der Waals surface area contributed by atoms with E-state index < -0.39 is 0 Å². The van der Waals surface area contributed by atoms with Gasteiger partial charge in [0.2, 0.25) is 0 Å². The molecule has 1 aliphatic rings. The van der Waals surface area contributed by atoms with E-state index in [1.165, 1.54) is 4.90 Å². The number of fused-ring (bicyclic) bond motifs is 3. The average Bonchev–Trinajstić information content (AvgIpc) is 2.92. The van der Waals surface area contributed by atoms with Crippen molar-refractivity contribution < 1.29 is 4.79 Å². The standard InChI is InChI=1S/C18H16N4OS/c1-11-6-5-9-15(19-11)20-18(23)16-13-10-24-14-8-4-3-7-12(14)17(13)22(2)21-16/h3-9H,10H2,1-2H3,(H,19,20,23). The van der Waals surface area contributed by atoms with Gasteiger partial charge in [-0.2, -0.15) is 5.10 Å². The minimum absolute atomic E-state index is 0.218. The summed E-state index contributed by atoms with van der Waals surface area (Å²) >= 11 is 1.74. The van der Waals surface area contributed by atoms with Crippen LogP contribution in [-0.4, -0.2) is 20.7 Å². The first kappa shape index (κ1) is 15.0. The summed E-state index contributed by atoms with van der Waals surface area (Å²) in [6.45, 7) is 1.89. The third-order valence-corrected chi connectivity index (χ3v) is 5.10.